The van der Waals surface area contributed by atoms with E-state index < -0.39 is 15.8 Å². The van der Waals surface area contributed by atoms with Gasteiger partial charge in [-0.3, -0.25) is 0 Å². The summed E-state index contributed by atoms with van der Waals surface area (Å²) in [6.07, 6.45) is 7.43. The van der Waals surface area contributed by atoms with Crippen molar-refractivity contribution >= 4 is 15.5 Å². The van der Waals surface area contributed by atoms with Crippen molar-refractivity contribution in [3.63, 3.8) is 0 Å². The summed E-state index contributed by atoms with van der Waals surface area (Å²) >= 11 is 0. The standard InChI is InChI=1S/C19H20FN3O3S/c20-17-11-16(8-9-18(17)26-15-6-1-2-7-15)27(24,25)22-13-19-21-12-14-5-3-4-10-23(14)19/h3-5,8-12,15,22H,1-2,6-7,13H2. The molecule has 0 spiro atoms. The molecular weight excluding hydrogens is 369 g/mol. The van der Waals surface area contributed by atoms with Crippen LogP contribution in [0.15, 0.2) is 53.7 Å². The van der Waals surface area contributed by atoms with Gasteiger partial charge in [0, 0.05) is 6.20 Å². The van der Waals surface area contributed by atoms with Crippen LogP contribution in [0.4, 0.5) is 4.39 Å². The number of pyridine rings is 1. The number of benzene rings is 1. The van der Waals surface area contributed by atoms with Gasteiger partial charge < -0.3 is 9.14 Å². The van der Waals surface area contributed by atoms with E-state index in [1.165, 1.54) is 12.1 Å². The van der Waals surface area contributed by atoms with Crippen molar-refractivity contribution in [2.75, 3.05) is 0 Å². The Hall–Kier alpha value is -2.45. The van der Waals surface area contributed by atoms with Crippen LogP contribution < -0.4 is 9.46 Å². The minimum atomic E-state index is -3.87. The van der Waals surface area contributed by atoms with Crippen LogP contribution in [-0.4, -0.2) is 23.9 Å². The number of nitrogens with zero attached hydrogens (tertiary/aromatic N) is 2. The number of sulfonamides is 1. The number of fused-ring (bicyclic) bond motifs is 1. The third-order valence-electron chi connectivity index (χ3n) is 4.75. The highest BCUT2D eigenvalue weighted by Gasteiger charge is 2.21. The number of ether oxygens (including phenoxy) is 1. The number of hydrogen-bond donors (Lipinski definition) is 1. The van der Waals surface area contributed by atoms with Gasteiger partial charge in [-0.25, -0.2) is 22.5 Å². The van der Waals surface area contributed by atoms with Gasteiger partial charge in [-0.15, -0.1) is 0 Å². The molecule has 1 aliphatic rings. The van der Waals surface area contributed by atoms with E-state index in [0.717, 1.165) is 37.3 Å². The van der Waals surface area contributed by atoms with Gasteiger partial charge in [0.15, 0.2) is 11.6 Å². The van der Waals surface area contributed by atoms with E-state index in [-0.39, 0.29) is 23.3 Å². The second-order valence-corrected chi connectivity index (χ2v) is 8.38. The third-order valence-corrected chi connectivity index (χ3v) is 6.14. The number of aromatic nitrogens is 2. The molecule has 1 aliphatic carbocycles. The minimum Gasteiger partial charge on any atom is -0.487 e. The molecule has 0 radical (unpaired) electrons. The Balaban J connectivity index is 1.48. The van der Waals surface area contributed by atoms with Crippen LogP contribution in [0.1, 0.15) is 31.5 Å². The summed E-state index contributed by atoms with van der Waals surface area (Å²) in [5.41, 5.74) is 0.867. The Morgan fingerprint density at radius 2 is 2.04 bits per heavy atom. The average molecular weight is 389 g/mol. The molecule has 27 heavy (non-hydrogen) atoms. The zero-order chi connectivity index (χ0) is 18.9. The Morgan fingerprint density at radius 1 is 1.22 bits per heavy atom. The predicted octanol–water partition coefficient (Wildman–Crippen LogP) is 3.27. The number of halogens is 1. The third kappa shape index (κ3) is 3.81. The molecule has 0 bridgehead atoms. The van der Waals surface area contributed by atoms with Crippen LogP contribution >= 0.6 is 0 Å². The molecule has 1 saturated carbocycles. The van der Waals surface area contributed by atoms with Gasteiger partial charge in [0.1, 0.15) is 5.82 Å². The molecule has 1 fully saturated rings. The van der Waals surface area contributed by atoms with E-state index in [0.29, 0.717) is 5.82 Å². The van der Waals surface area contributed by atoms with E-state index in [2.05, 4.69) is 9.71 Å². The molecule has 2 heterocycles. The van der Waals surface area contributed by atoms with Gasteiger partial charge in [0.25, 0.3) is 0 Å². The second-order valence-electron chi connectivity index (χ2n) is 6.61. The Kier molecular flexibility index (Phi) is 4.84. The molecule has 142 valence electrons. The zero-order valence-electron chi connectivity index (χ0n) is 14.6. The van der Waals surface area contributed by atoms with Crippen LogP contribution in [0.25, 0.3) is 5.52 Å². The quantitative estimate of drug-likeness (QED) is 0.702. The van der Waals surface area contributed by atoms with Crippen LogP contribution in [0.3, 0.4) is 0 Å². The Labute approximate surface area is 157 Å². The molecule has 2 aromatic heterocycles. The average Bonchev–Trinajstić information content (AvgIpc) is 3.31. The van der Waals surface area contributed by atoms with Crippen molar-refractivity contribution in [1.82, 2.24) is 14.1 Å². The maximum absolute atomic E-state index is 14.3. The molecule has 1 N–H and O–H groups in total. The smallest absolute Gasteiger partial charge is 0.241 e. The van der Waals surface area contributed by atoms with E-state index in [1.807, 2.05) is 18.2 Å². The first-order valence-corrected chi connectivity index (χ1v) is 10.4. The van der Waals surface area contributed by atoms with E-state index >= 15 is 0 Å². The first-order valence-electron chi connectivity index (χ1n) is 8.90. The molecule has 0 amide bonds. The topological polar surface area (TPSA) is 72.7 Å². The van der Waals surface area contributed by atoms with Crippen molar-refractivity contribution < 1.29 is 17.5 Å². The maximum Gasteiger partial charge on any atom is 0.241 e. The lowest BCUT2D eigenvalue weighted by Gasteiger charge is -2.14. The summed E-state index contributed by atoms with van der Waals surface area (Å²) in [7, 11) is -3.87. The van der Waals surface area contributed by atoms with Crippen LogP contribution in [-0.2, 0) is 16.6 Å². The van der Waals surface area contributed by atoms with Crippen molar-refractivity contribution in [3.8, 4) is 5.75 Å². The van der Waals surface area contributed by atoms with E-state index in [9.17, 15) is 12.8 Å². The fraction of sp³-hybridized carbons (Fsp3) is 0.316. The van der Waals surface area contributed by atoms with Gasteiger partial charge >= 0.3 is 0 Å². The fourth-order valence-electron chi connectivity index (χ4n) is 3.30. The molecule has 6 nitrogen and oxygen atoms in total. The summed E-state index contributed by atoms with van der Waals surface area (Å²) < 4.78 is 49.3. The van der Waals surface area contributed by atoms with Crippen molar-refractivity contribution in [3.05, 3.63) is 60.4 Å². The highest BCUT2D eigenvalue weighted by atomic mass is 32.2. The lowest BCUT2D eigenvalue weighted by atomic mass is 10.3. The number of imidazole rings is 1. The molecule has 8 heteroatoms. The number of hydrogen-bond acceptors (Lipinski definition) is 4. The first-order chi connectivity index (χ1) is 13.0. The van der Waals surface area contributed by atoms with Crippen LogP contribution in [0.5, 0.6) is 5.75 Å². The molecular formula is C19H20FN3O3S. The monoisotopic (exact) mass is 389 g/mol. The van der Waals surface area contributed by atoms with Gasteiger partial charge in [-0.1, -0.05) is 6.07 Å². The Morgan fingerprint density at radius 3 is 2.81 bits per heavy atom. The number of rotatable bonds is 6. The predicted molar refractivity (Wildman–Crippen MR) is 98.5 cm³/mol. The highest BCUT2D eigenvalue weighted by molar-refractivity contribution is 7.89. The normalized spacial score (nSPS) is 15.4. The maximum atomic E-state index is 14.3. The summed E-state index contributed by atoms with van der Waals surface area (Å²) in [6.45, 7) is 0.00244. The van der Waals surface area contributed by atoms with Gasteiger partial charge in [-0.2, -0.15) is 0 Å². The summed E-state index contributed by atoms with van der Waals surface area (Å²) in [5, 5.41) is 0. The van der Waals surface area contributed by atoms with Crippen molar-refractivity contribution in [1.29, 1.82) is 0 Å². The van der Waals surface area contributed by atoms with Crippen LogP contribution in [0.2, 0.25) is 0 Å². The Bertz CT molecular complexity index is 1060. The molecule has 3 aromatic rings. The van der Waals surface area contributed by atoms with Crippen molar-refractivity contribution in [2.45, 2.75) is 43.2 Å². The van der Waals surface area contributed by atoms with Gasteiger partial charge in [0.2, 0.25) is 10.0 Å². The molecule has 0 saturated heterocycles. The van der Waals surface area contributed by atoms with E-state index in [4.69, 9.17) is 4.74 Å². The molecule has 0 aliphatic heterocycles. The fourth-order valence-corrected chi connectivity index (χ4v) is 4.29. The second kappa shape index (κ2) is 7.28. The molecule has 1 aromatic carbocycles. The SMILES string of the molecule is O=S(=O)(NCc1ncc2ccccn12)c1ccc(OC2CCCC2)c(F)c1. The van der Waals surface area contributed by atoms with Gasteiger partial charge in [0.05, 0.1) is 29.3 Å². The lowest BCUT2D eigenvalue weighted by molar-refractivity contribution is 0.200. The first kappa shape index (κ1) is 17.9. The van der Waals surface area contributed by atoms with Gasteiger partial charge in [-0.05, 0) is 56.0 Å². The van der Waals surface area contributed by atoms with Crippen molar-refractivity contribution in [2.24, 2.45) is 0 Å². The molecule has 0 atom stereocenters. The lowest BCUT2D eigenvalue weighted by Crippen LogP contribution is -2.24. The largest absolute Gasteiger partial charge is 0.487 e. The highest BCUT2D eigenvalue weighted by Crippen LogP contribution is 2.27. The van der Waals surface area contributed by atoms with E-state index in [1.54, 1.807) is 16.8 Å². The molecule has 0 unspecified atom stereocenters. The zero-order valence-corrected chi connectivity index (χ0v) is 15.5. The van der Waals surface area contributed by atoms with Crippen LogP contribution in [0, 0.1) is 5.82 Å². The minimum absolute atomic E-state index is 0.00244. The summed E-state index contributed by atoms with van der Waals surface area (Å²) in [4.78, 5) is 4.08. The summed E-state index contributed by atoms with van der Waals surface area (Å²) in [5.74, 6) is -0.0213. The number of nitrogens with one attached hydrogen (secondary N) is 1. The molecule has 4 rings (SSSR count). The summed E-state index contributed by atoms with van der Waals surface area (Å²) in [6, 6.07) is 9.33.